The molecule has 1 aromatic rings. The quantitative estimate of drug-likeness (QED) is 0.675. The zero-order chi connectivity index (χ0) is 16.2. The Morgan fingerprint density at radius 3 is 2.50 bits per heavy atom. The molecule has 0 amide bonds. The maximum atomic E-state index is 12.5. The van der Waals surface area contributed by atoms with Gasteiger partial charge in [0.2, 0.25) is 0 Å². The number of aromatic nitrogens is 1. The van der Waals surface area contributed by atoms with Crippen molar-refractivity contribution >= 4 is 23.1 Å². The second-order valence-corrected chi connectivity index (χ2v) is 5.30. The molecular weight excluding hydrogens is 313 g/mol. The van der Waals surface area contributed by atoms with Crippen LogP contribution in [0.1, 0.15) is 5.56 Å². The van der Waals surface area contributed by atoms with E-state index in [-0.39, 0.29) is 0 Å². The van der Waals surface area contributed by atoms with Gasteiger partial charge in [0.25, 0.3) is 5.82 Å². The normalized spacial score (nSPS) is 15.6. The first kappa shape index (κ1) is 16.5. The van der Waals surface area contributed by atoms with Gasteiger partial charge in [0, 0.05) is 12.6 Å². The minimum Gasteiger partial charge on any atom is -0.359 e. The van der Waals surface area contributed by atoms with Crippen LogP contribution in [-0.2, 0) is 6.18 Å². The van der Waals surface area contributed by atoms with Gasteiger partial charge in [0.05, 0.1) is 18.7 Å². The molecule has 1 saturated heterocycles. The van der Waals surface area contributed by atoms with Gasteiger partial charge in [-0.3, -0.25) is 4.90 Å². The van der Waals surface area contributed by atoms with Crippen LogP contribution >= 0.6 is 12.2 Å². The van der Waals surface area contributed by atoms with Gasteiger partial charge < -0.3 is 10.2 Å². The van der Waals surface area contributed by atoms with Crippen LogP contribution in [0, 0.1) is 0 Å². The highest BCUT2D eigenvalue weighted by Gasteiger charge is 2.32. The third-order valence-electron chi connectivity index (χ3n) is 3.43. The number of hydrogen-bond donors (Lipinski definition) is 1. The van der Waals surface area contributed by atoms with Gasteiger partial charge >= 0.3 is 6.18 Å². The first-order valence-electron chi connectivity index (χ1n) is 6.89. The number of halogens is 3. The molecule has 8 heteroatoms. The highest BCUT2D eigenvalue weighted by Crippen LogP contribution is 2.28. The number of thiocarbonyl (C=S) groups is 1. The van der Waals surface area contributed by atoms with Crippen LogP contribution in [0.25, 0.3) is 0 Å². The molecule has 1 aromatic heterocycles. The smallest absolute Gasteiger partial charge is 0.359 e. The van der Waals surface area contributed by atoms with Crippen molar-refractivity contribution in [3.8, 4) is 0 Å². The number of nitrogens with zero attached hydrogens (tertiary/aromatic N) is 2. The predicted octanol–water partition coefficient (Wildman–Crippen LogP) is 1.70. The molecule has 1 fully saturated rings. The van der Waals surface area contributed by atoms with Crippen molar-refractivity contribution in [2.24, 2.45) is 0 Å². The summed E-state index contributed by atoms with van der Waals surface area (Å²) in [6.45, 7) is 7.06. The third-order valence-corrected chi connectivity index (χ3v) is 3.83. The van der Waals surface area contributed by atoms with Crippen molar-refractivity contribution in [1.82, 2.24) is 10.2 Å². The molecular formula is C14H18F3N4S+. The van der Waals surface area contributed by atoms with Crippen molar-refractivity contribution in [3.63, 3.8) is 0 Å². The number of H-pyrrole nitrogens is 1. The Hall–Kier alpha value is -1.83. The molecule has 1 aliphatic rings. The fourth-order valence-corrected chi connectivity index (χ4v) is 2.48. The lowest BCUT2D eigenvalue weighted by Gasteiger charge is -2.32. The van der Waals surface area contributed by atoms with E-state index in [9.17, 15) is 13.2 Å². The molecule has 120 valence electrons. The van der Waals surface area contributed by atoms with Crippen LogP contribution in [0.2, 0.25) is 0 Å². The van der Waals surface area contributed by atoms with Crippen molar-refractivity contribution in [1.29, 1.82) is 0 Å². The van der Waals surface area contributed by atoms with E-state index in [2.05, 4.69) is 16.9 Å². The van der Waals surface area contributed by atoms with E-state index in [1.165, 1.54) is 6.07 Å². The van der Waals surface area contributed by atoms with E-state index < -0.39 is 11.7 Å². The molecule has 0 aliphatic carbocycles. The molecule has 0 radical (unpaired) electrons. The molecule has 0 aromatic carbocycles. The molecule has 2 N–H and O–H groups in total. The van der Waals surface area contributed by atoms with Gasteiger partial charge in [-0.1, -0.05) is 6.08 Å². The highest BCUT2D eigenvalue weighted by atomic mass is 32.1. The van der Waals surface area contributed by atoms with Gasteiger partial charge in [0.15, 0.2) is 5.11 Å². The second-order valence-electron chi connectivity index (χ2n) is 4.91. The summed E-state index contributed by atoms with van der Waals surface area (Å²) in [7, 11) is 0. The van der Waals surface area contributed by atoms with E-state index in [1.807, 2.05) is 9.80 Å². The van der Waals surface area contributed by atoms with E-state index in [4.69, 9.17) is 12.2 Å². The summed E-state index contributed by atoms with van der Waals surface area (Å²) in [5, 5.41) is 3.75. The monoisotopic (exact) mass is 331 g/mol. The average molecular weight is 331 g/mol. The van der Waals surface area contributed by atoms with Crippen LogP contribution in [-0.4, -0.2) is 42.7 Å². The molecule has 0 saturated carbocycles. The van der Waals surface area contributed by atoms with Crippen molar-refractivity contribution in [2.45, 2.75) is 6.18 Å². The molecule has 0 spiro atoms. The van der Waals surface area contributed by atoms with Gasteiger partial charge in [-0.2, -0.15) is 13.2 Å². The molecule has 0 atom stereocenters. The number of nitrogens with one attached hydrogen (secondary N) is 2. The highest BCUT2D eigenvalue weighted by molar-refractivity contribution is 7.80. The number of rotatable bonds is 3. The minimum absolute atomic E-state index is 0.617. The largest absolute Gasteiger partial charge is 0.419 e. The number of aromatic amines is 1. The van der Waals surface area contributed by atoms with Crippen LogP contribution < -0.4 is 15.2 Å². The SMILES string of the molecule is C=CCNC(=S)N1CCN(c2ccc(C(F)(F)F)c[nH+]2)CC1. The molecule has 4 nitrogen and oxygen atoms in total. The summed E-state index contributed by atoms with van der Waals surface area (Å²) < 4.78 is 37.6. The fraction of sp³-hybridized carbons (Fsp3) is 0.429. The number of pyridine rings is 1. The lowest BCUT2D eigenvalue weighted by molar-refractivity contribution is -0.367. The lowest BCUT2D eigenvalue weighted by Crippen LogP contribution is -2.52. The van der Waals surface area contributed by atoms with Crippen molar-refractivity contribution < 1.29 is 18.2 Å². The Kier molecular flexibility index (Phi) is 5.23. The number of anilines is 1. The van der Waals surface area contributed by atoms with E-state index in [0.717, 1.165) is 25.4 Å². The summed E-state index contributed by atoms with van der Waals surface area (Å²) in [5.74, 6) is 0.678. The van der Waals surface area contributed by atoms with Gasteiger partial charge in [-0.15, -0.1) is 6.58 Å². The Balaban J connectivity index is 1.91. The molecule has 0 unspecified atom stereocenters. The average Bonchev–Trinajstić information content (AvgIpc) is 2.52. The summed E-state index contributed by atoms with van der Waals surface area (Å²) in [5.41, 5.74) is -0.676. The Morgan fingerprint density at radius 2 is 2.00 bits per heavy atom. The molecule has 22 heavy (non-hydrogen) atoms. The Bertz CT molecular complexity index is 522. The van der Waals surface area contributed by atoms with Gasteiger partial charge in [0.1, 0.15) is 19.3 Å². The summed E-state index contributed by atoms with van der Waals surface area (Å²) in [4.78, 5) is 6.77. The first-order chi connectivity index (χ1) is 10.4. The topological polar surface area (TPSA) is 32.6 Å². The maximum absolute atomic E-state index is 12.5. The summed E-state index contributed by atoms with van der Waals surface area (Å²) in [6, 6.07) is 2.56. The van der Waals surface area contributed by atoms with Crippen molar-refractivity contribution in [3.05, 3.63) is 36.5 Å². The standard InChI is InChI=1S/C14H17F3N4S/c1-2-5-18-13(22)21-8-6-20(7-9-21)12-4-3-11(10-19-12)14(15,16)17/h2-4,10H,1,5-9H2,(H,18,22)/p+1. The van der Waals surface area contributed by atoms with E-state index in [0.29, 0.717) is 30.6 Å². The number of hydrogen-bond acceptors (Lipinski definition) is 2. The zero-order valence-corrected chi connectivity index (χ0v) is 12.8. The third kappa shape index (κ3) is 4.09. The molecule has 2 heterocycles. The molecule has 2 rings (SSSR count). The van der Waals surface area contributed by atoms with E-state index >= 15 is 0 Å². The van der Waals surface area contributed by atoms with Crippen LogP contribution in [0.5, 0.6) is 0 Å². The molecule has 0 bridgehead atoms. The molecule has 1 aliphatic heterocycles. The zero-order valence-electron chi connectivity index (χ0n) is 12.0. The number of alkyl halides is 3. The van der Waals surface area contributed by atoms with Crippen LogP contribution in [0.3, 0.4) is 0 Å². The van der Waals surface area contributed by atoms with E-state index in [1.54, 1.807) is 6.08 Å². The summed E-state index contributed by atoms with van der Waals surface area (Å²) in [6.07, 6.45) is -1.59. The Labute approximate surface area is 132 Å². The maximum Gasteiger partial charge on any atom is 0.419 e. The Morgan fingerprint density at radius 1 is 1.32 bits per heavy atom. The van der Waals surface area contributed by atoms with Gasteiger partial charge in [-0.05, 0) is 18.3 Å². The predicted molar refractivity (Wildman–Crippen MR) is 82.6 cm³/mol. The number of piperazine rings is 1. The second kappa shape index (κ2) is 6.95. The minimum atomic E-state index is -4.32. The summed E-state index contributed by atoms with van der Waals surface area (Å²) >= 11 is 5.27. The fourth-order valence-electron chi connectivity index (χ4n) is 2.21. The lowest BCUT2D eigenvalue weighted by atomic mass is 10.2. The van der Waals surface area contributed by atoms with Gasteiger partial charge in [-0.25, -0.2) is 4.98 Å². The first-order valence-corrected chi connectivity index (χ1v) is 7.30. The van der Waals surface area contributed by atoms with Crippen LogP contribution in [0.4, 0.5) is 19.0 Å². The van der Waals surface area contributed by atoms with Crippen molar-refractivity contribution in [2.75, 3.05) is 37.6 Å². The van der Waals surface area contributed by atoms with Crippen LogP contribution in [0.15, 0.2) is 31.0 Å².